The molecule has 0 saturated carbocycles. The first-order valence-electron chi connectivity index (χ1n) is 5.75. The number of aryl methyl sites for hydroxylation is 1. The van der Waals surface area contributed by atoms with Gasteiger partial charge in [0, 0.05) is 18.2 Å². The molecule has 4 heteroatoms. The van der Waals surface area contributed by atoms with Gasteiger partial charge in [-0.2, -0.15) is 0 Å². The van der Waals surface area contributed by atoms with E-state index in [0.717, 1.165) is 5.56 Å². The summed E-state index contributed by atoms with van der Waals surface area (Å²) in [5.74, 6) is 0.376. The lowest BCUT2D eigenvalue weighted by molar-refractivity contribution is -0.116. The molecule has 0 heterocycles. The zero-order valence-electron chi connectivity index (χ0n) is 10.5. The van der Waals surface area contributed by atoms with Gasteiger partial charge in [-0.15, -0.1) is 0 Å². The number of anilines is 1. The lowest BCUT2D eigenvalue weighted by Crippen LogP contribution is -2.31. The van der Waals surface area contributed by atoms with E-state index in [-0.39, 0.29) is 23.6 Å². The number of carbonyl (C=O) groups is 1. The largest absolute Gasteiger partial charge is 0.508 e. The SMILES string of the molecule is Cc1cc(O)ccc1NC(=O)CC(N)C(C)C. The highest BCUT2D eigenvalue weighted by molar-refractivity contribution is 5.91. The van der Waals surface area contributed by atoms with Crippen molar-refractivity contribution in [3.8, 4) is 5.75 Å². The average molecular weight is 236 g/mol. The van der Waals surface area contributed by atoms with Crippen LogP contribution in [0.1, 0.15) is 25.8 Å². The van der Waals surface area contributed by atoms with Crippen molar-refractivity contribution < 1.29 is 9.90 Å². The summed E-state index contributed by atoms with van der Waals surface area (Å²) in [6.45, 7) is 5.81. The molecule has 4 N–H and O–H groups in total. The quantitative estimate of drug-likeness (QED) is 0.700. The van der Waals surface area contributed by atoms with E-state index in [1.165, 1.54) is 0 Å². The zero-order valence-corrected chi connectivity index (χ0v) is 10.5. The fourth-order valence-corrected chi connectivity index (χ4v) is 1.44. The van der Waals surface area contributed by atoms with Gasteiger partial charge in [-0.05, 0) is 36.6 Å². The van der Waals surface area contributed by atoms with Crippen molar-refractivity contribution in [2.45, 2.75) is 33.2 Å². The van der Waals surface area contributed by atoms with Crippen LogP contribution in [0.15, 0.2) is 18.2 Å². The van der Waals surface area contributed by atoms with Crippen LogP contribution in [0.4, 0.5) is 5.69 Å². The minimum atomic E-state index is -0.132. The molecule has 0 bridgehead atoms. The number of phenols is 1. The summed E-state index contributed by atoms with van der Waals surface area (Å²) in [5.41, 5.74) is 7.37. The number of benzene rings is 1. The summed E-state index contributed by atoms with van der Waals surface area (Å²) < 4.78 is 0. The molecule has 0 spiro atoms. The van der Waals surface area contributed by atoms with Crippen LogP contribution >= 0.6 is 0 Å². The molecule has 0 aliphatic rings. The Labute approximate surface area is 102 Å². The molecule has 1 amide bonds. The van der Waals surface area contributed by atoms with Gasteiger partial charge in [-0.3, -0.25) is 4.79 Å². The van der Waals surface area contributed by atoms with Crippen LogP contribution in [0.5, 0.6) is 5.75 Å². The predicted octanol–water partition coefficient (Wildman–Crippen LogP) is 2.01. The highest BCUT2D eigenvalue weighted by Gasteiger charge is 2.13. The highest BCUT2D eigenvalue weighted by Crippen LogP contribution is 2.20. The highest BCUT2D eigenvalue weighted by atomic mass is 16.3. The minimum Gasteiger partial charge on any atom is -0.508 e. The van der Waals surface area contributed by atoms with Gasteiger partial charge in [0.1, 0.15) is 5.75 Å². The maximum absolute atomic E-state index is 11.7. The molecule has 1 unspecified atom stereocenters. The van der Waals surface area contributed by atoms with Crippen LogP contribution in [0.25, 0.3) is 0 Å². The Morgan fingerprint density at radius 2 is 2.12 bits per heavy atom. The van der Waals surface area contributed by atoms with E-state index < -0.39 is 0 Å². The first-order chi connectivity index (χ1) is 7.90. The van der Waals surface area contributed by atoms with Gasteiger partial charge in [0.25, 0.3) is 0 Å². The number of carbonyl (C=O) groups excluding carboxylic acids is 1. The van der Waals surface area contributed by atoms with Crippen molar-refractivity contribution in [1.82, 2.24) is 0 Å². The second-order valence-electron chi connectivity index (χ2n) is 4.66. The first-order valence-corrected chi connectivity index (χ1v) is 5.75. The van der Waals surface area contributed by atoms with Crippen LogP contribution in [0, 0.1) is 12.8 Å². The number of hydrogen-bond acceptors (Lipinski definition) is 3. The maximum Gasteiger partial charge on any atom is 0.225 e. The second-order valence-corrected chi connectivity index (χ2v) is 4.66. The van der Waals surface area contributed by atoms with Crippen LogP contribution in [0.3, 0.4) is 0 Å². The van der Waals surface area contributed by atoms with Crippen LogP contribution < -0.4 is 11.1 Å². The van der Waals surface area contributed by atoms with Crippen molar-refractivity contribution in [3.05, 3.63) is 23.8 Å². The van der Waals surface area contributed by atoms with Gasteiger partial charge >= 0.3 is 0 Å². The summed E-state index contributed by atoms with van der Waals surface area (Å²) in [7, 11) is 0. The number of aromatic hydroxyl groups is 1. The van der Waals surface area contributed by atoms with Gasteiger partial charge in [0.15, 0.2) is 0 Å². The lowest BCUT2D eigenvalue weighted by Gasteiger charge is -2.15. The Hall–Kier alpha value is -1.55. The van der Waals surface area contributed by atoms with Crippen LogP contribution in [0.2, 0.25) is 0 Å². The predicted molar refractivity (Wildman–Crippen MR) is 68.9 cm³/mol. The van der Waals surface area contributed by atoms with Gasteiger partial charge in [0.2, 0.25) is 5.91 Å². The van der Waals surface area contributed by atoms with E-state index in [2.05, 4.69) is 5.32 Å². The molecule has 0 aliphatic carbocycles. The standard InChI is InChI=1S/C13H20N2O2/c1-8(2)11(14)7-13(17)15-12-5-4-10(16)6-9(12)3/h4-6,8,11,16H,7,14H2,1-3H3,(H,15,17). The van der Waals surface area contributed by atoms with E-state index in [1.807, 2.05) is 20.8 Å². The third-order valence-electron chi connectivity index (χ3n) is 2.76. The third kappa shape index (κ3) is 4.07. The number of amides is 1. The number of hydrogen-bond donors (Lipinski definition) is 3. The maximum atomic E-state index is 11.7. The summed E-state index contributed by atoms with van der Waals surface area (Å²) in [5, 5.41) is 12.1. The Balaban J connectivity index is 2.62. The molecule has 0 fully saturated rings. The molecule has 94 valence electrons. The number of phenolic OH excluding ortho intramolecular Hbond substituents is 1. The summed E-state index contributed by atoms with van der Waals surface area (Å²) in [6.07, 6.45) is 0.304. The fraction of sp³-hybridized carbons (Fsp3) is 0.462. The molecular formula is C13H20N2O2. The monoisotopic (exact) mass is 236 g/mol. The van der Waals surface area contributed by atoms with Crippen molar-refractivity contribution in [3.63, 3.8) is 0 Å². The number of nitrogens with two attached hydrogens (primary N) is 1. The molecular weight excluding hydrogens is 216 g/mol. The Bertz CT molecular complexity index is 402. The van der Waals surface area contributed by atoms with Crippen LogP contribution in [-0.2, 0) is 4.79 Å². The Morgan fingerprint density at radius 1 is 1.47 bits per heavy atom. The molecule has 0 radical (unpaired) electrons. The molecule has 4 nitrogen and oxygen atoms in total. The lowest BCUT2D eigenvalue weighted by atomic mass is 10.0. The normalized spacial score (nSPS) is 12.5. The van der Waals surface area contributed by atoms with E-state index in [0.29, 0.717) is 12.1 Å². The van der Waals surface area contributed by atoms with Gasteiger partial charge < -0.3 is 16.2 Å². The molecule has 0 aliphatic heterocycles. The van der Waals surface area contributed by atoms with Crippen molar-refractivity contribution >= 4 is 11.6 Å². The summed E-state index contributed by atoms with van der Waals surface area (Å²) >= 11 is 0. The Kier molecular flexibility index (Phi) is 4.52. The van der Waals surface area contributed by atoms with Gasteiger partial charge in [0.05, 0.1) is 0 Å². The van der Waals surface area contributed by atoms with E-state index in [4.69, 9.17) is 5.73 Å². The molecule has 1 aromatic rings. The van der Waals surface area contributed by atoms with Gasteiger partial charge in [-0.1, -0.05) is 13.8 Å². The molecule has 1 aromatic carbocycles. The third-order valence-corrected chi connectivity index (χ3v) is 2.76. The first kappa shape index (κ1) is 13.5. The molecule has 1 atom stereocenters. The van der Waals surface area contributed by atoms with Crippen molar-refractivity contribution in [2.75, 3.05) is 5.32 Å². The summed E-state index contributed by atoms with van der Waals surface area (Å²) in [4.78, 5) is 11.7. The minimum absolute atomic E-state index is 0.0972. The fourth-order valence-electron chi connectivity index (χ4n) is 1.44. The van der Waals surface area contributed by atoms with E-state index in [9.17, 15) is 9.90 Å². The van der Waals surface area contributed by atoms with E-state index in [1.54, 1.807) is 18.2 Å². The van der Waals surface area contributed by atoms with Gasteiger partial charge in [-0.25, -0.2) is 0 Å². The van der Waals surface area contributed by atoms with Crippen LogP contribution in [-0.4, -0.2) is 17.1 Å². The summed E-state index contributed by atoms with van der Waals surface area (Å²) in [6, 6.07) is 4.71. The molecule has 0 aromatic heterocycles. The molecule has 17 heavy (non-hydrogen) atoms. The Morgan fingerprint density at radius 3 is 2.65 bits per heavy atom. The van der Waals surface area contributed by atoms with E-state index >= 15 is 0 Å². The van der Waals surface area contributed by atoms with Crippen molar-refractivity contribution in [1.29, 1.82) is 0 Å². The molecule has 0 saturated heterocycles. The smallest absolute Gasteiger partial charge is 0.225 e. The number of nitrogens with one attached hydrogen (secondary N) is 1. The second kappa shape index (κ2) is 5.68. The molecule has 1 rings (SSSR count). The number of rotatable bonds is 4. The average Bonchev–Trinajstić information content (AvgIpc) is 2.22. The van der Waals surface area contributed by atoms with Crippen molar-refractivity contribution in [2.24, 2.45) is 11.7 Å². The topological polar surface area (TPSA) is 75.3 Å². The zero-order chi connectivity index (χ0) is 13.0.